The van der Waals surface area contributed by atoms with Crippen LogP contribution in [0.5, 0.6) is 0 Å². The molecule has 0 aliphatic heterocycles. The zero-order valence-electron chi connectivity index (χ0n) is 11.4. The Morgan fingerprint density at radius 3 is 2.75 bits per heavy atom. The van der Waals surface area contributed by atoms with E-state index in [0.29, 0.717) is 25.2 Å². The number of rotatable bonds is 5. The highest BCUT2D eigenvalue weighted by Gasteiger charge is 2.42. The topological polar surface area (TPSA) is 109 Å². The second kappa shape index (κ2) is 5.89. The molecule has 1 aliphatic rings. The average molecular weight is 281 g/mol. The molecule has 2 rings (SSSR count). The van der Waals surface area contributed by atoms with E-state index in [1.807, 2.05) is 6.92 Å². The molecule has 0 radical (unpaired) electrons. The van der Waals surface area contributed by atoms with Gasteiger partial charge in [-0.05, 0) is 19.8 Å². The first kappa shape index (κ1) is 14.3. The molecule has 0 bridgehead atoms. The van der Waals surface area contributed by atoms with E-state index in [1.54, 1.807) is 4.68 Å². The number of carboxylic acid groups (broad SMARTS) is 1. The molecule has 2 amide bonds. The summed E-state index contributed by atoms with van der Waals surface area (Å²) in [5, 5.41) is 18.5. The van der Waals surface area contributed by atoms with Crippen LogP contribution >= 0.6 is 0 Å². The molecule has 8 nitrogen and oxygen atoms in total. The van der Waals surface area contributed by atoms with Crippen LogP contribution in [0.3, 0.4) is 0 Å². The van der Waals surface area contributed by atoms with Gasteiger partial charge in [0.15, 0.2) is 0 Å². The molecule has 0 spiro atoms. The predicted octanol–water partition coefficient (Wildman–Crippen LogP) is 0.495. The van der Waals surface area contributed by atoms with Gasteiger partial charge in [-0.25, -0.2) is 19.3 Å². The Morgan fingerprint density at radius 1 is 1.45 bits per heavy atom. The number of aryl methyl sites for hydroxylation is 1. The SMILES string of the molecule is CCn1ncnc1CNC(=O)NC1(C(=O)O)CCCC1. The fraction of sp³-hybridized carbons (Fsp3) is 0.667. The van der Waals surface area contributed by atoms with Crippen LogP contribution in [0.2, 0.25) is 0 Å². The summed E-state index contributed by atoms with van der Waals surface area (Å²) in [4.78, 5) is 27.2. The van der Waals surface area contributed by atoms with E-state index in [9.17, 15) is 14.7 Å². The fourth-order valence-electron chi connectivity index (χ4n) is 2.48. The standard InChI is InChI=1S/C12H19N5O3/c1-2-17-9(14-8-15-17)7-13-11(20)16-12(10(18)19)5-3-4-6-12/h8H,2-7H2,1H3,(H,18,19)(H2,13,16,20). The summed E-state index contributed by atoms with van der Waals surface area (Å²) in [7, 11) is 0. The molecule has 1 aromatic heterocycles. The second-order valence-electron chi connectivity index (χ2n) is 4.89. The number of carbonyl (C=O) groups is 2. The molecule has 1 fully saturated rings. The summed E-state index contributed by atoms with van der Waals surface area (Å²) < 4.78 is 1.67. The minimum atomic E-state index is -1.12. The second-order valence-corrected chi connectivity index (χ2v) is 4.89. The van der Waals surface area contributed by atoms with Crippen LogP contribution in [0, 0.1) is 0 Å². The Labute approximate surface area is 116 Å². The highest BCUT2D eigenvalue weighted by molar-refractivity contribution is 5.86. The summed E-state index contributed by atoms with van der Waals surface area (Å²) in [6.45, 7) is 2.81. The molecule has 110 valence electrons. The molecule has 8 heteroatoms. The number of aromatic nitrogens is 3. The van der Waals surface area contributed by atoms with E-state index in [4.69, 9.17) is 0 Å². The van der Waals surface area contributed by atoms with Gasteiger partial charge in [-0.2, -0.15) is 5.10 Å². The predicted molar refractivity (Wildman–Crippen MR) is 69.9 cm³/mol. The monoisotopic (exact) mass is 281 g/mol. The van der Waals surface area contributed by atoms with Crippen LogP contribution in [0.15, 0.2) is 6.33 Å². The maximum atomic E-state index is 11.9. The Hall–Kier alpha value is -2.12. The van der Waals surface area contributed by atoms with Crippen LogP contribution in [0.1, 0.15) is 38.4 Å². The number of amides is 2. The van der Waals surface area contributed by atoms with E-state index in [1.165, 1.54) is 6.33 Å². The van der Waals surface area contributed by atoms with Gasteiger partial charge in [0.1, 0.15) is 17.7 Å². The number of aliphatic carboxylic acids is 1. The number of nitrogens with zero attached hydrogens (tertiary/aromatic N) is 3. The van der Waals surface area contributed by atoms with Crippen molar-refractivity contribution in [3.8, 4) is 0 Å². The summed E-state index contributed by atoms with van der Waals surface area (Å²) in [5.74, 6) is -0.333. The molecule has 20 heavy (non-hydrogen) atoms. The molecule has 1 saturated carbocycles. The van der Waals surface area contributed by atoms with Crippen LogP contribution in [-0.4, -0.2) is 37.4 Å². The van der Waals surface area contributed by atoms with Gasteiger partial charge in [-0.3, -0.25) is 0 Å². The van der Waals surface area contributed by atoms with E-state index in [0.717, 1.165) is 12.8 Å². The zero-order chi connectivity index (χ0) is 14.6. The molecule has 0 unspecified atom stereocenters. The third-order valence-corrected chi connectivity index (χ3v) is 3.62. The quantitative estimate of drug-likeness (QED) is 0.728. The Balaban J connectivity index is 1.91. The smallest absolute Gasteiger partial charge is 0.329 e. The molecule has 1 aromatic rings. The van der Waals surface area contributed by atoms with E-state index in [-0.39, 0.29) is 6.54 Å². The van der Waals surface area contributed by atoms with Crippen molar-refractivity contribution in [2.45, 2.75) is 51.2 Å². The Morgan fingerprint density at radius 2 is 2.15 bits per heavy atom. The summed E-state index contributed by atoms with van der Waals surface area (Å²) in [5.41, 5.74) is -1.12. The zero-order valence-corrected chi connectivity index (χ0v) is 11.4. The molecule has 0 aromatic carbocycles. The maximum Gasteiger partial charge on any atom is 0.329 e. The van der Waals surface area contributed by atoms with E-state index < -0.39 is 17.5 Å². The number of hydrogen-bond donors (Lipinski definition) is 3. The van der Waals surface area contributed by atoms with Gasteiger partial charge in [0, 0.05) is 6.54 Å². The van der Waals surface area contributed by atoms with Crippen molar-refractivity contribution in [1.82, 2.24) is 25.4 Å². The van der Waals surface area contributed by atoms with E-state index in [2.05, 4.69) is 20.7 Å². The molecule has 0 atom stereocenters. The van der Waals surface area contributed by atoms with Crippen molar-refractivity contribution in [3.05, 3.63) is 12.2 Å². The van der Waals surface area contributed by atoms with Gasteiger partial charge in [-0.15, -0.1) is 0 Å². The molecular formula is C12H19N5O3. The van der Waals surface area contributed by atoms with Gasteiger partial charge in [0.05, 0.1) is 6.54 Å². The van der Waals surface area contributed by atoms with Crippen LogP contribution in [-0.2, 0) is 17.9 Å². The molecule has 1 heterocycles. The maximum absolute atomic E-state index is 11.9. The number of carboxylic acids is 1. The van der Waals surface area contributed by atoms with Gasteiger partial charge < -0.3 is 15.7 Å². The number of carbonyl (C=O) groups excluding carboxylic acids is 1. The number of hydrogen-bond acceptors (Lipinski definition) is 4. The molecule has 0 saturated heterocycles. The number of nitrogens with one attached hydrogen (secondary N) is 2. The van der Waals surface area contributed by atoms with Crippen molar-refractivity contribution in [2.24, 2.45) is 0 Å². The van der Waals surface area contributed by atoms with Crippen molar-refractivity contribution in [3.63, 3.8) is 0 Å². The normalized spacial score (nSPS) is 16.9. The third-order valence-electron chi connectivity index (χ3n) is 3.62. The summed E-state index contributed by atoms with van der Waals surface area (Å²) in [6.07, 6.45) is 4.00. The summed E-state index contributed by atoms with van der Waals surface area (Å²) in [6, 6.07) is -0.486. The number of urea groups is 1. The van der Waals surface area contributed by atoms with Crippen molar-refractivity contribution < 1.29 is 14.7 Å². The van der Waals surface area contributed by atoms with Crippen LogP contribution in [0.4, 0.5) is 4.79 Å². The largest absolute Gasteiger partial charge is 0.480 e. The van der Waals surface area contributed by atoms with Crippen molar-refractivity contribution in [2.75, 3.05) is 0 Å². The molecular weight excluding hydrogens is 262 g/mol. The third kappa shape index (κ3) is 2.89. The van der Waals surface area contributed by atoms with Gasteiger partial charge >= 0.3 is 12.0 Å². The Kier molecular flexibility index (Phi) is 4.21. The minimum Gasteiger partial charge on any atom is -0.480 e. The lowest BCUT2D eigenvalue weighted by Crippen LogP contribution is -2.55. The van der Waals surface area contributed by atoms with Gasteiger partial charge in [0.2, 0.25) is 0 Å². The van der Waals surface area contributed by atoms with Crippen LogP contribution in [0.25, 0.3) is 0 Å². The highest BCUT2D eigenvalue weighted by Crippen LogP contribution is 2.29. The first-order valence-corrected chi connectivity index (χ1v) is 6.73. The Bertz CT molecular complexity index is 493. The van der Waals surface area contributed by atoms with E-state index >= 15 is 0 Å². The van der Waals surface area contributed by atoms with Gasteiger partial charge in [-0.1, -0.05) is 12.8 Å². The van der Waals surface area contributed by atoms with Gasteiger partial charge in [0.25, 0.3) is 0 Å². The molecule has 1 aliphatic carbocycles. The highest BCUT2D eigenvalue weighted by atomic mass is 16.4. The summed E-state index contributed by atoms with van der Waals surface area (Å²) >= 11 is 0. The lowest BCUT2D eigenvalue weighted by molar-refractivity contribution is -0.144. The molecule has 3 N–H and O–H groups in total. The fourth-order valence-corrected chi connectivity index (χ4v) is 2.48. The lowest BCUT2D eigenvalue weighted by atomic mass is 9.98. The first-order valence-electron chi connectivity index (χ1n) is 6.73. The van der Waals surface area contributed by atoms with Crippen molar-refractivity contribution in [1.29, 1.82) is 0 Å². The minimum absolute atomic E-state index is 0.218. The first-order chi connectivity index (χ1) is 9.57. The van der Waals surface area contributed by atoms with Crippen LogP contribution < -0.4 is 10.6 Å². The van der Waals surface area contributed by atoms with Crippen molar-refractivity contribution >= 4 is 12.0 Å². The average Bonchev–Trinajstić information content (AvgIpc) is 3.05. The lowest BCUT2D eigenvalue weighted by Gasteiger charge is -2.25.